The van der Waals surface area contributed by atoms with Crippen molar-refractivity contribution in [2.45, 2.75) is 18.9 Å². The predicted octanol–water partition coefficient (Wildman–Crippen LogP) is 2.35. The number of hydrogen-bond donors (Lipinski definition) is 1. The van der Waals surface area contributed by atoms with E-state index in [9.17, 15) is 0 Å². The molecular weight excluding hydrogens is 254 g/mol. The number of hydrogen-bond acceptors (Lipinski definition) is 3. The summed E-state index contributed by atoms with van der Waals surface area (Å²) in [5.41, 5.74) is 1.15. The minimum Gasteiger partial charge on any atom is -0.381 e. The van der Waals surface area contributed by atoms with E-state index in [0.717, 1.165) is 10.2 Å². The zero-order chi connectivity index (χ0) is 10.7. The van der Waals surface area contributed by atoms with Crippen LogP contribution < -0.4 is 5.32 Å². The van der Waals surface area contributed by atoms with Gasteiger partial charge in [-0.3, -0.25) is 4.98 Å². The Hall–Kier alpha value is -0.610. The van der Waals surface area contributed by atoms with E-state index in [2.05, 4.69) is 38.2 Å². The highest BCUT2D eigenvalue weighted by atomic mass is 79.9. The summed E-state index contributed by atoms with van der Waals surface area (Å²) in [7, 11) is 2.18. The molecule has 0 aliphatic carbocycles. The Kier molecular flexibility index (Phi) is 3.59. The van der Waals surface area contributed by atoms with Crippen LogP contribution in [0.15, 0.2) is 22.9 Å². The lowest BCUT2D eigenvalue weighted by molar-refractivity contribution is 0.264. The van der Waals surface area contributed by atoms with Gasteiger partial charge in [0.1, 0.15) is 0 Å². The molecule has 1 aromatic rings. The second-order valence-electron chi connectivity index (χ2n) is 4.08. The van der Waals surface area contributed by atoms with Crippen molar-refractivity contribution < 1.29 is 0 Å². The van der Waals surface area contributed by atoms with Crippen LogP contribution in [0.1, 0.15) is 12.8 Å². The average Bonchev–Trinajstić information content (AvgIpc) is 2.25. The van der Waals surface area contributed by atoms with E-state index in [1.54, 1.807) is 0 Å². The minimum atomic E-state index is 0.597. The number of nitrogens with zero attached hydrogens (tertiary/aromatic N) is 2. The highest BCUT2D eigenvalue weighted by Crippen LogP contribution is 2.23. The number of aromatic nitrogens is 1. The van der Waals surface area contributed by atoms with E-state index in [1.807, 2.05) is 18.5 Å². The van der Waals surface area contributed by atoms with Crippen LogP contribution in [-0.4, -0.2) is 36.1 Å². The van der Waals surface area contributed by atoms with Gasteiger partial charge in [0.2, 0.25) is 0 Å². The summed E-state index contributed by atoms with van der Waals surface area (Å²) in [5, 5.41) is 3.56. The lowest BCUT2D eigenvalue weighted by Gasteiger charge is -2.30. The van der Waals surface area contributed by atoms with Crippen molar-refractivity contribution >= 4 is 21.6 Å². The van der Waals surface area contributed by atoms with Crippen LogP contribution in [0.25, 0.3) is 0 Å². The number of likely N-dealkylation sites (tertiary alicyclic amines) is 1. The smallest absolute Gasteiger partial charge is 0.0590 e. The van der Waals surface area contributed by atoms with Gasteiger partial charge in [0, 0.05) is 18.4 Å². The van der Waals surface area contributed by atoms with Crippen molar-refractivity contribution in [1.29, 1.82) is 0 Å². The summed E-state index contributed by atoms with van der Waals surface area (Å²) in [6.07, 6.45) is 6.08. The molecule has 0 amide bonds. The van der Waals surface area contributed by atoms with Crippen LogP contribution in [0.2, 0.25) is 0 Å². The van der Waals surface area contributed by atoms with E-state index in [4.69, 9.17) is 0 Å². The molecule has 0 saturated carbocycles. The maximum Gasteiger partial charge on any atom is 0.0590 e. The lowest BCUT2D eigenvalue weighted by atomic mass is 10.1. The minimum absolute atomic E-state index is 0.597. The third-order valence-corrected chi connectivity index (χ3v) is 3.48. The number of nitrogens with one attached hydrogen (secondary N) is 1. The number of pyridine rings is 1. The van der Waals surface area contributed by atoms with E-state index >= 15 is 0 Å². The number of piperidine rings is 1. The molecule has 0 radical (unpaired) electrons. The van der Waals surface area contributed by atoms with Crippen molar-refractivity contribution in [3.05, 3.63) is 22.9 Å². The summed E-state index contributed by atoms with van der Waals surface area (Å²) in [4.78, 5) is 6.43. The highest BCUT2D eigenvalue weighted by Gasteiger charge is 2.16. The average molecular weight is 270 g/mol. The molecular formula is C11H16BrN3. The Morgan fingerprint density at radius 2 is 2.20 bits per heavy atom. The predicted molar refractivity (Wildman–Crippen MR) is 66.1 cm³/mol. The van der Waals surface area contributed by atoms with Crippen molar-refractivity contribution in [2.24, 2.45) is 0 Å². The van der Waals surface area contributed by atoms with Gasteiger partial charge in [-0.2, -0.15) is 0 Å². The molecule has 1 aromatic heterocycles. The summed E-state index contributed by atoms with van der Waals surface area (Å²) in [5.74, 6) is 0. The number of rotatable bonds is 2. The van der Waals surface area contributed by atoms with Crippen LogP contribution in [0.4, 0.5) is 5.69 Å². The lowest BCUT2D eigenvalue weighted by Crippen LogP contribution is -2.36. The number of anilines is 1. The summed E-state index contributed by atoms with van der Waals surface area (Å²) < 4.78 is 1.05. The molecule has 1 saturated heterocycles. The summed E-state index contributed by atoms with van der Waals surface area (Å²) in [6.45, 7) is 2.36. The van der Waals surface area contributed by atoms with Crippen molar-refractivity contribution in [2.75, 3.05) is 25.5 Å². The van der Waals surface area contributed by atoms with E-state index in [0.29, 0.717) is 6.04 Å². The fraction of sp³-hybridized carbons (Fsp3) is 0.545. The first-order chi connectivity index (χ1) is 7.25. The van der Waals surface area contributed by atoms with Gasteiger partial charge >= 0.3 is 0 Å². The van der Waals surface area contributed by atoms with Crippen LogP contribution in [0.5, 0.6) is 0 Å². The molecule has 1 N–H and O–H groups in total. The molecule has 2 heterocycles. The normalized spacial score (nSPS) is 19.1. The Morgan fingerprint density at radius 3 is 2.87 bits per heavy atom. The van der Waals surface area contributed by atoms with Crippen molar-refractivity contribution in [3.8, 4) is 0 Å². The third kappa shape index (κ3) is 2.92. The molecule has 1 fully saturated rings. The Balaban J connectivity index is 1.95. The van der Waals surface area contributed by atoms with Crippen LogP contribution in [-0.2, 0) is 0 Å². The second-order valence-corrected chi connectivity index (χ2v) is 4.93. The van der Waals surface area contributed by atoms with Gasteiger partial charge in [0.25, 0.3) is 0 Å². The zero-order valence-electron chi connectivity index (χ0n) is 8.91. The van der Waals surface area contributed by atoms with Gasteiger partial charge < -0.3 is 10.2 Å². The van der Waals surface area contributed by atoms with Crippen molar-refractivity contribution in [3.63, 3.8) is 0 Å². The molecule has 2 rings (SSSR count). The van der Waals surface area contributed by atoms with Gasteiger partial charge in [-0.1, -0.05) is 0 Å². The van der Waals surface area contributed by atoms with Gasteiger partial charge in [-0.15, -0.1) is 0 Å². The maximum absolute atomic E-state index is 4.05. The highest BCUT2D eigenvalue weighted by molar-refractivity contribution is 9.10. The molecule has 4 heteroatoms. The molecule has 15 heavy (non-hydrogen) atoms. The standard InChI is InChI=1S/C11H16BrN3/c1-15-6-3-9(4-7-15)14-11-2-5-13-8-10(11)12/h2,5,8-9H,3-4,6-7H2,1H3,(H,13,14). The Morgan fingerprint density at radius 1 is 1.47 bits per heavy atom. The fourth-order valence-electron chi connectivity index (χ4n) is 1.87. The van der Waals surface area contributed by atoms with Gasteiger partial charge in [0.15, 0.2) is 0 Å². The molecule has 0 spiro atoms. The number of halogens is 1. The van der Waals surface area contributed by atoms with Crippen LogP contribution in [0, 0.1) is 0 Å². The Labute approximate surface area is 99.0 Å². The molecule has 82 valence electrons. The van der Waals surface area contributed by atoms with Gasteiger partial charge in [0.05, 0.1) is 10.2 Å². The van der Waals surface area contributed by atoms with E-state index in [-0.39, 0.29) is 0 Å². The first-order valence-corrected chi connectivity index (χ1v) is 6.09. The van der Waals surface area contributed by atoms with Crippen LogP contribution in [0.3, 0.4) is 0 Å². The molecule has 3 nitrogen and oxygen atoms in total. The van der Waals surface area contributed by atoms with Gasteiger partial charge in [-0.05, 0) is 55.0 Å². The quantitative estimate of drug-likeness (QED) is 0.894. The molecule has 1 aliphatic rings. The SMILES string of the molecule is CN1CCC(Nc2ccncc2Br)CC1. The van der Waals surface area contributed by atoms with Crippen LogP contribution >= 0.6 is 15.9 Å². The fourth-order valence-corrected chi connectivity index (χ4v) is 2.23. The third-order valence-electron chi connectivity index (χ3n) is 2.85. The first-order valence-electron chi connectivity index (χ1n) is 5.30. The first kappa shape index (κ1) is 10.9. The Bertz CT molecular complexity index is 321. The summed E-state index contributed by atoms with van der Waals surface area (Å²) in [6, 6.07) is 2.61. The topological polar surface area (TPSA) is 28.2 Å². The summed E-state index contributed by atoms with van der Waals surface area (Å²) >= 11 is 3.50. The second kappa shape index (κ2) is 4.94. The largest absolute Gasteiger partial charge is 0.381 e. The molecule has 0 bridgehead atoms. The van der Waals surface area contributed by atoms with E-state index in [1.165, 1.54) is 25.9 Å². The monoisotopic (exact) mass is 269 g/mol. The van der Waals surface area contributed by atoms with E-state index < -0.39 is 0 Å². The molecule has 0 aromatic carbocycles. The molecule has 0 unspecified atom stereocenters. The van der Waals surface area contributed by atoms with Crippen molar-refractivity contribution in [1.82, 2.24) is 9.88 Å². The molecule has 1 aliphatic heterocycles. The zero-order valence-corrected chi connectivity index (χ0v) is 10.5. The maximum atomic E-state index is 4.05. The molecule has 0 atom stereocenters. The van der Waals surface area contributed by atoms with Gasteiger partial charge in [-0.25, -0.2) is 0 Å².